The number of aromatic nitrogens is 6. The molecular weight excluding hydrogens is 789 g/mol. The second kappa shape index (κ2) is 19.4. The Bertz CT molecular complexity index is 2200. The van der Waals surface area contributed by atoms with Gasteiger partial charge in [-0.2, -0.15) is 9.97 Å². The molecule has 55 heavy (non-hydrogen) atoms. The molecule has 7 rings (SSSR count). The van der Waals surface area contributed by atoms with Gasteiger partial charge in [-0.1, -0.05) is 58.6 Å². The molecule has 0 bridgehead atoms. The van der Waals surface area contributed by atoms with Gasteiger partial charge in [-0.05, 0) is 6.92 Å². The molecule has 2 aliphatic rings. The number of aryl methyl sites for hydroxylation is 1. The highest BCUT2D eigenvalue weighted by Gasteiger charge is 2.41. The number of esters is 2. The SMILES string of the molecule is CC(=O)O[C@@H]1C[C@@H](CO)OC1n1c(=O)sc2cnc(N)nc21.CC(=O)O[C@@H]1C[C@@H](CO)OC1n1c(=O)sc2cnc(N)nc21.Cc1ccccc1.O=S(=O)=O. The summed E-state index contributed by atoms with van der Waals surface area (Å²) in [6.45, 7) is 4.17. The van der Waals surface area contributed by atoms with Crippen LogP contribution in [0.1, 0.15) is 44.7 Å². The van der Waals surface area contributed by atoms with Crippen molar-refractivity contribution in [3.05, 3.63) is 67.6 Å². The van der Waals surface area contributed by atoms with Crippen LogP contribution in [-0.4, -0.2) is 101 Å². The molecule has 0 amide bonds. The van der Waals surface area contributed by atoms with E-state index < -0.39 is 59.4 Å². The Hall–Kier alpha value is -5.24. The number of hydrogen-bond donors (Lipinski definition) is 4. The lowest BCUT2D eigenvalue weighted by atomic mass is 10.2. The van der Waals surface area contributed by atoms with Crippen LogP contribution in [0, 0.1) is 6.92 Å². The van der Waals surface area contributed by atoms with Gasteiger partial charge >= 0.3 is 32.3 Å². The molecule has 1 aromatic carbocycles. The zero-order chi connectivity index (χ0) is 40.4. The van der Waals surface area contributed by atoms with Crippen molar-refractivity contribution in [3.8, 4) is 0 Å². The Morgan fingerprint density at radius 3 is 1.49 bits per heavy atom. The van der Waals surface area contributed by atoms with Crippen LogP contribution >= 0.6 is 22.7 Å². The molecule has 21 nitrogen and oxygen atoms in total. The number of aliphatic hydroxyl groups excluding tert-OH is 2. The van der Waals surface area contributed by atoms with Gasteiger partial charge in [0, 0.05) is 26.7 Å². The lowest BCUT2D eigenvalue weighted by Gasteiger charge is -2.19. The normalized spacial score (nSPS) is 21.3. The quantitative estimate of drug-likeness (QED) is 0.167. The molecular formula is C31H36N8O13S3. The van der Waals surface area contributed by atoms with Crippen LogP contribution in [0.25, 0.3) is 20.7 Å². The number of benzene rings is 1. The lowest BCUT2D eigenvalue weighted by Crippen LogP contribution is -2.30. The minimum atomic E-state index is -3.11. The molecule has 6 N–H and O–H groups in total. The van der Waals surface area contributed by atoms with E-state index in [2.05, 4.69) is 39.0 Å². The third-order valence-corrected chi connectivity index (χ3v) is 9.29. The third-order valence-electron chi connectivity index (χ3n) is 7.54. The molecule has 4 aromatic heterocycles. The fourth-order valence-corrected chi connectivity index (χ4v) is 7.08. The average molecular weight is 825 g/mol. The van der Waals surface area contributed by atoms with Crippen molar-refractivity contribution in [3.63, 3.8) is 0 Å². The van der Waals surface area contributed by atoms with Gasteiger partial charge in [-0.3, -0.25) is 28.3 Å². The minimum absolute atomic E-state index is 0.0276. The summed E-state index contributed by atoms with van der Waals surface area (Å²) in [6.07, 6.45) is -0.586. The van der Waals surface area contributed by atoms with E-state index in [1.807, 2.05) is 18.2 Å². The number of carbonyl (C=O) groups excluding carboxylic acids is 2. The molecule has 0 aliphatic carbocycles. The maximum atomic E-state index is 12.3. The molecule has 0 spiro atoms. The van der Waals surface area contributed by atoms with Gasteiger partial charge in [-0.15, -0.1) is 12.6 Å². The summed E-state index contributed by atoms with van der Waals surface area (Å²) < 4.78 is 50.7. The number of anilines is 2. The molecule has 2 unspecified atom stereocenters. The predicted molar refractivity (Wildman–Crippen MR) is 195 cm³/mol. The maximum Gasteiger partial charge on any atom is 0.425 e. The fourth-order valence-electron chi connectivity index (χ4n) is 5.44. The summed E-state index contributed by atoms with van der Waals surface area (Å²) in [5, 5.41) is 18.5. The number of carbonyl (C=O) groups is 2. The number of nitrogen functional groups attached to an aromatic ring is 2. The van der Waals surface area contributed by atoms with Gasteiger partial charge in [0.1, 0.15) is 12.2 Å². The molecule has 2 fully saturated rings. The van der Waals surface area contributed by atoms with E-state index in [0.717, 1.165) is 22.7 Å². The van der Waals surface area contributed by atoms with Crippen LogP contribution in [-0.2, 0) is 39.1 Å². The van der Waals surface area contributed by atoms with E-state index in [1.54, 1.807) is 0 Å². The molecule has 5 aromatic rings. The van der Waals surface area contributed by atoms with E-state index in [0.29, 0.717) is 33.5 Å². The molecule has 2 aliphatic heterocycles. The zero-order valence-corrected chi connectivity index (χ0v) is 31.7. The smallest absolute Gasteiger partial charge is 0.425 e. The highest BCUT2D eigenvalue weighted by atomic mass is 32.2. The first-order chi connectivity index (χ1) is 26.1. The molecule has 296 valence electrons. The maximum absolute atomic E-state index is 12.3. The van der Waals surface area contributed by atoms with E-state index >= 15 is 0 Å². The number of rotatable bonds is 6. The van der Waals surface area contributed by atoms with Crippen molar-refractivity contribution in [1.82, 2.24) is 29.1 Å². The predicted octanol–water partition coefficient (Wildman–Crippen LogP) is 0.284. The first-order valence-electron chi connectivity index (χ1n) is 16.0. The summed E-state index contributed by atoms with van der Waals surface area (Å²) in [5.74, 6) is -0.919. The molecule has 0 saturated carbocycles. The topological polar surface area (TPSA) is 310 Å². The number of thiazole rings is 2. The second-order valence-electron chi connectivity index (χ2n) is 11.6. The number of ether oxygens (including phenoxy) is 4. The van der Waals surface area contributed by atoms with Crippen LogP contribution < -0.4 is 21.2 Å². The van der Waals surface area contributed by atoms with Crippen LogP contribution in [0.5, 0.6) is 0 Å². The Morgan fingerprint density at radius 2 is 1.18 bits per heavy atom. The van der Waals surface area contributed by atoms with Crippen molar-refractivity contribution in [2.24, 2.45) is 0 Å². The number of fused-ring (bicyclic) bond motifs is 2. The summed E-state index contributed by atoms with van der Waals surface area (Å²) in [4.78, 5) is 62.2. The van der Waals surface area contributed by atoms with Gasteiger partial charge in [0.15, 0.2) is 23.8 Å². The van der Waals surface area contributed by atoms with Gasteiger partial charge in [-0.25, -0.2) is 9.97 Å². The average Bonchev–Trinajstić information content (AvgIpc) is 3.86. The molecule has 6 heterocycles. The van der Waals surface area contributed by atoms with Crippen LogP contribution in [0.15, 0.2) is 52.3 Å². The van der Waals surface area contributed by atoms with Crippen molar-refractivity contribution < 1.29 is 51.4 Å². The fraction of sp³-hybridized carbons (Fsp3) is 0.419. The lowest BCUT2D eigenvalue weighted by molar-refractivity contribution is -0.153. The van der Waals surface area contributed by atoms with E-state index in [-0.39, 0.29) is 34.9 Å². The summed E-state index contributed by atoms with van der Waals surface area (Å²) in [7, 11) is -3.11. The van der Waals surface area contributed by atoms with Crippen molar-refractivity contribution in [2.75, 3.05) is 24.7 Å². The number of hydrogen-bond acceptors (Lipinski definition) is 21. The van der Waals surface area contributed by atoms with Crippen molar-refractivity contribution in [1.29, 1.82) is 0 Å². The summed E-state index contributed by atoms with van der Waals surface area (Å²) in [6, 6.07) is 10.3. The largest absolute Gasteiger partial charge is 0.458 e. The number of aliphatic hydroxyl groups is 2. The van der Waals surface area contributed by atoms with Crippen LogP contribution in [0.4, 0.5) is 11.9 Å². The monoisotopic (exact) mass is 824 g/mol. The Kier molecular flexibility index (Phi) is 15.0. The molecule has 0 radical (unpaired) electrons. The molecule has 6 atom stereocenters. The standard InChI is InChI=1S/2C12H14N4O5S.C7H8.O3S/c2*1-5(18)20-7-2-6(4-17)21-10(7)16-9-8(22-12(16)19)3-14-11(13)15-9;1-7-5-3-2-4-6-7;1-4(2)3/h2*3,6-7,10,17H,2,4H2,1H3,(H2,13,14,15);2-6H,1H3;/t2*6-,7+,10?;;/m00../s1. The van der Waals surface area contributed by atoms with Gasteiger partial charge in [0.25, 0.3) is 0 Å². The third kappa shape index (κ3) is 11.4. The van der Waals surface area contributed by atoms with Crippen molar-refractivity contribution >= 4 is 77.8 Å². The summed E-state index contributed by atoms with van der Waals surface area (Å²) >= 11 is 1.90. The van der Waals surface area contributed by atoms with Gasteiger partial charge in [0.2, 0.25) is 11.9 Å². The first kappa shape index (κ1) is 42.5. The minimum Gasteiger partial charge on any atom is -0.458 e. The van der Waals surface area contributed by atoms with Gasteiger partial charge < -0.3 is 40.6 Å². The van der Waals surface area contributed by atoms with Crippen LogP contribution in [0.3, 0.4) is 0 Å². The molecule has 2 saturated heterocycles. The summed E-state index contributed by atoms with van der Waals surface area (Å²) in [5.41, 5.74) is 13.1. The Morgan fingerprint density at radius 1 is 0.800 bits per heavy atom. The zero-order valence-electron chi connectivity index (χ0n) is 29.3. The number of nitrogens with zero attached hydrogens (tertiary/aromatic N) is 6. The van der Waals surface area contributed by atoms with E-state index in [9.17, 15) is 29.4 Å². The van der Waals surface area contributed by atoms with E-state index in [4.69, 9.17) is 43.0 Å². The highest BCUT2D eigenvalue weighted by molar-refractivity contribution is 7.59. The Balaban J connectivity index is 0.000000192. The van der Waals surface area contributed by atoms with Gasteiger partial charge in [0.05, 0.1) is 47.2 Å². The van der Waals surface area contributed by atoms with E-state index in [1.165, 1.54) is 40.9 Å². The van der Waals surface area contributed by atoms with Crippen LogP contribution in [0.2, 0.25) is 0 Å². The van der Waals surface area contributed by atoms with Crippen molar-refractivity contribution in [2.45, 2.75) is 70.5 Å². The molecule has 24 heteroatoms. The highest BCUT2D eigenvalue weighted by Crippen LogP contribution is 2.34. The second-order valence-corrected chi connectivity index (χ2v) is 14.0. The number of nitrogens with two attached hydrogens (primary N) is 2. The Labute approximate surface area is 320 Å². The first-order valence-corrected chi connectivity index (χ1v) is 18.7.